The second-order valence-electron chi connectivity index (χ2n) is 17.6. The van der Waals surface area contributed by atoms with E-state index in [0.29, 0.717) is 17.5 Å². The number of benzene rings is 10. The molecule has 10 aromatic carbocycles. The Bertz CT molecular complexity index is 4290. The van der Waals surface area contributed by atoms with Crippen LogP contribution in [0.2, 0.25) is 0 Å². The third-order valence-corrected chi connectivity index (χ3v) is 13.6. The van der Waals surface area contributed by atoms with Gasteiger partial charge in [0.2, 0.25) is 0 Å². The fourth-order valence-electron chi connectivity index (χ4n) is 10.4. The number of aromatic nitrogens is 5. The molecule has 0 saturated heterocycles. The minimum absolute atomic E-state index is 0.567. The van der Waals surface area contributed by atoms with Crippen molar-refractivity contribution in [2.24, 2.45) is 0 Å². The van der Waals surface area contributed by atoms with Crippen LogP contribution in [0, 0.1) is 0 Å². The monoisotopic (exact) mass is 881 g/mol. The first-order chi connectivity index (χ1) is 34.2. The molecule has 0 saturated carbocycles. The first kappa shape index (κ1) is 38.8. The van der Waals surface area contributed by atoms with Crippen LogP contribution >= 0.6 is 0 Å². The van der Waals surface area contributed by atoms with Gasteiger partial charge in [0.1, 0.15) is 5.58 Å². The largest absolute Gasteiger partial charge is 0.454 e. The lowest BCUT2D eigenvalue weighted by atomic mass is 10.0. The van der Waals surface area contributed by atoms with Gasteiger partial charge in [-0.05, 0) is 89.0 Å². The third-order valence-electron chi connectivity index (χ3n) is 13.6. The average molecular weight is 882 g/mol. The van der Waals surface area contributed by atoms with E-state index in [4.69, 9.17) is 19.4 Å². The van der Waals surface area contributed by atoms with Crippen LogP contribution in [-0.4, -0.2) is 24.1 Å². The molecule has 0 amide bonds. The summed E-state index contributed by atoms with van der Waals surface area (Å²) in [5.41, 5.74) is 15.3. The molecule has 0 unspecified atom stereocenters. The van der Waals surface area contributed by atoms with Crippen LogP contribution in [0.15, 0.2) is 241 Å². The van der Waals surface area contributed by atoms with Crippen LogP contribution in [0.3, 0.4) is 0 Å². The molecule has 0 fully saturated rings. The number of fused-ring (bicyclic) bond motifs is 9. The minimum Gasteiger partial charge on any atom is -0.454 e. The number of rotatable bonds is 7. The molecular formula is C63H39N5O. The maximum absolute atomic E-state index is 7.08. The molecule has 6 heteroatoms. The molecule has 14 rings (SSSR count). The summed E-state index contributed by atoms with van der Waals surface area (Å²) in [4.78, 5) is 15.7. The predicted molar refractivity (Wildman–Crippen MR) is 283 cm³/mol. The second-order valence-corrected chi connectivity index (χ2v) is 17.6. The molecule has 0 aliphatic heterocycles. The molecule has 0 aliphatic carbocycles. The van der Waals surface area contributed by atoms with E-state index in [2.05, 4.69) is 209 Å². The molecule has 0 atom stereocenters. The summed E-state index contributed by atoms with van der Waals surface area (Å²) >= 11 is 0. The molecule has 0 aliphatic rings. The van der Waals surface area contributed by atoms with E-state index in [0.717, 1.165) is 99.5 Å². The first-order valence-electron chi connectivity index (χ1n) is 23.3. The number of furan rings is 1. The highest BCUT2D eigenvalue weighted by Gasteiger charge is 2.25. The van der Waals surface area contributed by atoms with Crippen LogP contribution in [0.25, 0.3) is 133 Å². The van der Waals surface area contributed by atoms with Gasteiger partial charge >= 0.3 is 0 Å². The fourth-order valence-corrected chi connectivity index (χ4v) is 10.4. The molecule has 4 aromatic heterocycles. The summed E-state index contributed by atoms with van der Waals surface area (Å²) < 4.78 is 11.9. The standard InChI is InChI=1S/C63H39N5O/c1-5-18-40(19-6-1)43-24-17-25-45(36-43)62-64-61(42-22-9-3-10-23-42)65-63(66-62)49-33-35-55(60-59(49)48-29-14-16-31-58(48)69-60)68-54-34-32-44(41-20-7-2-8-21-41)37-50(54)52-39-56-51(38-57(52)68)47-28-13-15-30-53(47)67(56)46-26-11-4-12-27-46/h1-39H. The maximum Gasteiger partial charge on any atom is 0.164 e. The smallest absolute Gasteiger partial charge is 0.164 e. The summed E-state index contributed by atoms with van der Waals surface area (Å²) in [5, 5.41) is 6.59. The zero-order valence-electron chi connectivity index (χ0n) is 37.2. The van der Waals surface area contributed by atoms with E-state index < -0.39 is 0 Å². The van der Waals surface area contributed by atoms with Crippen molar-refractivity contribution in [3.63, 3.8) is 0 Å². The number of nitrogens with zero attached hydrogens (tertiary/aromatic N) is 5. The molecule has 0 radical (unpaired) electrons. The van der Waals surface area contributed by atoms with Crippen LogP contribution in [-0.2, 0) is 0 Å². The number of hydrogen-bond acceptors (Lipinski definition) is 4. The summed E-state index contributed by atoms with van der Waals surface area (Å²) in [5.74, 6) is 1.76. The second kappa shape index (κ2) is 15.6. The summed E-state index contributed by atoms with van der Waals surface area (Å²) in [6, 6.07) is 83.3. The SMILES string of the molecule is c1ccc(-c2cccc(-c3nc(-c4ccccc4)nc(-c4ccc(-n5c6ccc(-c7ccccc7)cc6c6cc7c(cc65)c5ccccc5n7-c5ccccc5)c5oc6ccccc6c45)n3)c2)cc1. The average Bonchev–Trinajstić information content (AvgIpc) is 4.08. The summed E-state index contributed by atoms with van der Waals surface area (Å²) in [6.45, 7) is 0. The lowest BCUT2D eigenvalue weighted by Crippen LogP contribution is -2.01. The lowest BCUT2D eigenvalue weighted by molar-refractivity contribution is 0.666. The molecular weight excluding hydrogens is 843 g/mol. The van der Waals surface area contributed by atoms with Gasteiger partial charge in [0, 0.05) is 54.7 Å². The first-order valence-corrected chi connectivity index (χ1v) is 23.3. The molecule has 0 spiro atoms. The Hall–Kier alpha value is -9.39. The Morgan fingerprint density at radius 2 is 0.826 bits per heavy atom. The Kier molecular flexibility index (Phi) is 8.79. The van der Waals surface area contributed by atoms with Crippen molar-refractivity contribution in [3.8, 4) is 67.8 Å². The van der Waals surface area contributed by atoms with Gasteiger partial charge in [-0.1, -0.05) is 170 Å². The molecule has 0 N–H and O–H groups in total. The topological polar surface area (TPSA) is 61.7 Å². The van der Waals surface area contributed by atoms with Crippen LogP contribution in [0.4, 0.5) is 0 Å². The van der Waals surface area contributed by atoms with Gasteiger partial charge in [-0.3, -0.25) is 0 Å². The number of para-hydroxylation sites is 3. The van der Waals surface area contributed by atoms with Gasteiger partial charge in [0.25, 0.3) is 0 Å². The summed E-state index contributed by atoms with van der Waals surface area (Å²) in [6.07, 6.45) is 0. The molecule has 6 nitrogen and oxygen atoms in total. The van der Waals surface area contributed by atoms with Crippen LogP contribution in [0.1, 0.15) is 0 Å². The van der Waals surface area contributed by atoms with E-state index in [9.17, 15) is 0 Å². The lowest BCUT2D eigenvalue weighted by Gasteiger charge is -2.13. The van der Waals surface area contributed by atoms with Crippen molar-refractivity contribution in [2.45, 2.75) is 0 Å². The van der Waals surface area contributed by atoms with Crippen molar-refractivity contribution < 1.29 is 4.42 Å². The van der Waals surface area contributed by atoms with Crippen LogP contribution < -0.4 is 0 Å². The predicted octanol–water partition coefficient (Wildman–Crippen LogP) is 16.3. The third kappa shape index (κ3) is 6.30. The highest BCUT2D eigenvalue weighted by molar-refractivity contribution is 6.21. The van der Waals surface area contributed by atoms with Crippen molar-refractivity contribution in [2.75, 3.05) is 0 Å². The van der Waals surface area contributed by atoms with E-state index in [1.165, 1.54) is 16.3 Å². The van der Waals surface area contributed by atoms with Crippen molar-refractivity contribution >= 4 is 65.6 Å². The van der Waals surface area contributed by atoms with E-state index in [-0.39, 0.29) is 0 Å². The fraction of sp³-hybridized carbons (Fsp3) is 0. The quantitative estimate of drug-likeness (QED) is 0.160. The van der Waals surface area contributed by atoms with Gasteiger partial charge in [-0.25, -0.2) is 15.0 Å². The Morgan fingerprint density at radius 3 is 1.57 bits per heavy atom. The van der Waals surface area contributed by atoms with Gasteiger partial charge < -0.3 is 13.6 Å². The Morgan fingerprint density at radius 1 is 0.304 bits per heavy atom. The molecule has 0 bridgehead atoms. The van der Waals surface area contributed by atoms with E-state index >= 15 is 0 Å². The Balaban J connectivity index is 1.05. The molecule has 4 heterocycles. The highest BCUT2D eigenvalue weighted by atomic mass is 16.3. The van der Waals surface area contributed by atoms with Gasteiger partial charge in [0.15, 0.2) is 23.1 Å². The zero-order valence-corrected chi connectivity index (χ0v) is 37.2. The van der Waals surface area contributed by atoms with Gasteiger partial charge in [-0.15, -0.1) is 0 Å². The van der Waals surface area contributed by atoms with Gasteiger partial charge in [0.05, 0.1) is 27.8 Å². The molecule has 69 heavy (non-hydrogen) atoms. The van der Waals surface area contributed by atoms with Crippen molar-refractivity contribution in [3.05, 3.63) is 237 Å². The summed E-state index contributed by atoms with van der Waals surface area (Å²) in [7, 11) is 0. The number of hydrogen-bond donors (Lipinski definition) is 0. The van der Waals surface area contributed by atoms with E-state index in [1.807, 2.05) is 36.4 Å². The van der Waals surface area contributed by atoms with Crippen molar-refractivity contribution in [1.29, 1.82) is 0 Å². The molecule has 14 aromatic rings. The van der Waals surface area contributed by atoms with Crippen LogP contribution in [0.5, 0.6) is 0 Å². The van der Waals surface area contributed by atoms with E-state index in [1.54, 1.807) is 0 Å². The zero-order chi connectivity index (χ0) is 45.4. The normalized spacial score (nSPS) is 11.8. The highest BCUT2D eigenvalue weighted by Crippen LogP contribution is 2.45. The minimum atomic E-state index is 0.567. The maximum atomic E-state index is 7.08. The van der Waals surface area contributed by atoms with Crippen molar-refractivity contribution in [1.82, 2.24) is 24.1 Å². The Labute approximate surface area is 396 Å². The molecule has 322 valence electrons. The van der Waals surface area contributed by atoms with Gasteiger partial charge in [-0.2, -0.15) is 0 Å².